The van der Waals surface area contributed by atoms with Crippen molar-refractivity contribution >= 4 is 17.0 Å². The monoisotopic (exact) mass is 192 g/mol. The van der Waals surface area contributed by atoms with E-state index in [9.17, 15) is 4.79 Å². The lowest BCUT2D eigenvalue weighted by molar-refractivity contribution is 0.0522. The van der Waals surface area contributed by atoms with Crippen LogP contribution in [0.4, 0.5) is 0 Å². The van der Waals surface area contributed by atoms with Crippen molar-refractivity contribution in [3.8, 4) is 0 Å². The number of fused-ring (bicyclic) bond motifs is 1. The standard InChI is InChI=1S/C8H8N4O2/c1-2-14-8(13)6-5-3-11-12-7(5)10-4-9-6/h3-4H,2H2,1H3,(H,9,10,11,12). The van der Waals surface area contributed by atoms with Gasteiger partial charge < -0.3 is 4.74 Å². The number of esters is 1. The number of nitrogens with one attached hydrogen (secondary N) is 1. The highest BCUT2D eigenvalue weighted by molar-refractivity contribution is 6.00. The molecular weight excluding hydrogens is 184 g/mol. The van der Waals surface area contributed by atoms with E-state index in [4.69, 9.17) is 4.74 Å². The molecule has 0 aliphatic heterocycles. The zero-order valence-electron chi connectivity index (χ0n) is 7.52. The van der Waals surface area contributed by atoms with Crippen LogP contribution in [0.2, 0.25) is 0 Å². The van der Waals surface area contributed by atoms with E-state index in [0.29, 0.717) is 17.6 Å². The number of nitrogens with zero attached hydrogens (tertiary/aromatic N) is 3. The van der Waals surface area contributed by atoms with Crippen molar-refractivity contribution in [2.45, 2.75) is 6.92 Å². The Bertz CT molecular complexity index is 465. The molecular formula is C8H8N4O2. The van der Waals surface area contributed by atoms with E-state index < -0.39 is 5.97 Å². The van der Waals surface area contributed by atoms with E-state index >= 15 is 0 Å². The van der Waals surface area contributed by atoms with Gasteiger partial charge in [0.15, 0.2) is 11.3 Å². The van der Waals surface area contributed by atoms with Crippen molar-refractivity contribution < 1.29 is 9.53 Å². The van der Waals surface area contributed by atoms with Gasteiger partial charge in [0.2, 0.25) is 0 Å². The van der Waals surface area contributed by atoms with Gasteiger partial charge in [0.25, 0.3) is 0 Å². The minimum atomic E-state index is -0.457. The lowest BCUT2D eigenvalue weighted by Crippen LogP contribution is -2.07. The third-order valence-electron chi connectivity index (χ3n) is 1.72. The molecule has 0 bridgehead atoms. The zero-order chi connectivity index (χ0) is 9.97. The van der Waals surface area contributed by atoms with E-state index in [1.54, 1.807) is 6.92 Å². The van der Waals surface area contributed by atoms with Crippen molar-refractivity contribution in [1.29, 1.82) is 0 Å². The molecule has 0 spiro atoms. The molecule has 2 aromatic rings. The molecule has 0 aliphatic rings. The van der Waals surface area contributed by atoms with Crippen molar-refractivity contribution in [3.05, 3.63) is 18.2 Å². The second kappa shape index (κ2) is 3.41. The minimum absolute atomic E-state index is 0.241. The lowest BCUT2D eigenvalue weighted by atomic mass is 10.3. The maximum atomic E-state index is 11.4. The van der Waals surface area contributed by atoms with Crippen molar-refractivity contribution in [2.24, 2.45) is 0 Å². The van der Waals surface area contributed by atoms with Crippen molar-refractivity contribution in [3.63, 3.8) is 0 Å². The van der Waals surface area contributed by atoms with Gasteiger partial charge in [0.1, 0.15) is 6.33 Å². The van der Waals surface area contributed by atoms with E-state index in [2.05, 4.69) is 20.2 Å². The first-order chi connectivity index (χ1) is 6.83. The van der Waals surface area contributed by atoms with Crippen LogP contribution < -0.4 is 0 Å². The van der Waals surface area contributed by atoms with E-state index in [1.807, 2.05) is 0 Å². The molecule has 14 heavy (non-hydrogen) atoms. The Balaban J connectivity index is 2.50. The van der Waals surface area contributed by atoms with Gasteiger partial charge >= 0.3 is 5.97 Å². The van der Waals surface area contributed by atoms with Gasteiger partial charge in [0, 0.05) is 0 Å². The summed E-state index contributed by atoms with van der Waals surface area (Å²) in [6.45, 7) is 2.06. The zero-order valence-corrected chi connectivity index (χ0v) is 7.52. The Kier molecular flexibility index (Phi) is 2.10. The summed E-state index contributed by atoms with van der Waals surface area (Å²) in [5.41, 5.74) is 0.772. The summed E-state index contributed by atoms with van der Waals surface area (Å²) in [4.78, 5) is 19.2. The predicted octanol–water partition coefficient (Wildman–Crippen LogP) is 0.530. The van der Waals surface area contributed by atoms with Gasteiger partial charge in [0.05, 0.1) is 18.2 Å². The molecule has 0 unspecified atom stereocenters. The second-order valence-corrected chi connectivity index (χ2v) is 2.58. The normalized spacial score (nSPS) is 10.4. The second-order valence-electron chi connectivity index (χ2n) is 2.58. The molecule has 2 rings (SSSR count). The Morgan fingerprint density at radius 3 is 3.21 bits per heavy atom. The van der Waals surface area contributed by atoms with Crippen LogP contribution in [0.5, 0.6) is 0 Å². The molecule has 6 heteroatoms. The molecule has 0 fully saturated rings. The quantitative estimate of drug-likeness (QED) is 0.702. The minimum Gasteiger partial charge on any atom is -0.461 e. The maximum absolute atomic E-state index is 11.4. The summed E-state index contributed by atoms with van der Waals surface area (Å²) in [5.74, 6) is -0.457. The SMILES string of the molecule is CCOC(=O)c1ncnc2[nH]ncc12. The molecule has 72 valence electrons. The number of H-pyrrole nitrogens is 1. The molecule has 2 heterocycles. The van der Waals surface area contributed by atoms with E-state index in [1.165, 1.54) is 12.5 Å². The van der Waals surface area contributed by atoms with Crippen LogP contribution in [-0.2, 0) is 4.74 Å². The fraction of sp³-hybridized carbons (Fsp3) is 0.250. The Morgan fingerprint density at radius 1 is 1.57 bits per heavy atom. The van der Waals surface area contributed by atoms with Crippen LogP contribution in [-0.4, -0.2) is 32.7 Å². The fourth-order valence-electron chi connectivity index (χ4n) is 1.13. The molecule has 0 radical (unpaired) electrons. The van der Waals surface area contributed by atoms with Gasteiger partial charge in [-0.2, -0.15) is 5.10 Å². The number of ether oxygens (including phenoxy) is 1. The molecule has 6 nitrogen and oxygen atoms in total. The first kappa shape index (κ1) is 8.61. The summed E-state index contributed by atoms with van der Waals surface area (Å²) in [6, 6.07) is 0. The number of rotatable bonds is 2. The van der Waals surface area contributed by atoms with Crippen molar-refractivity contribution in [2.75, 3.05) is 6.61 Å². The molecule has 0 saturated heterocycles. The lowest BCUT2D eigenvalue weighted by Gasteiger charge is -2.00. The first-order valence-electron chi connectivity index (χ1n) is 4.14. The number of carbonyl (C=O) groups is 1. The number of carbonyl (C=O) groups excluding carboxylic acids is 1. The molecule has 1 N–H and O–H groups in total. The highest BCUT2D eigenvalue weighted by Gasteiger charge is 2.13. The van der Waals surface area contributed by atoms with Gasteiger partial charge in [-0.1, -0.05) is 0 Å². The summed E-state index contributed by atoms with van der Waals surface area (Å²) in [6.07, 6.45) is 2.80. The molecule has 0 saturated carbocycles. The van der Waals surface area contributed by atoms with Crippen LogP contribution in [0, 0.1) is 0 Å². The molecule has 0 aliphatic carbocycles. The number of aromatic nitrogens is 4. The molecule has 0 aromatic carbocycles. The van der Waals surface area contributed by atoms with Crippen molar-refractivity contribution in [1.82, 2.24) is 20.2 Å². The van der Waals surface area contributed by atoms with Crippen LogP contribution in [0.3, 0.4) is 0 Å². The molecule has 2 aromatic heterocycles. The first-order valence-corrected chi connectivity index (χ1v) is 4.14. The van der Waals surface area contributed by atoms with Gasteiger partial charge in [-0.15, -0.1) is 0 Å². The van der Waals surface area contributed by atoms with Crippen LogP contribution in [0.1, 0.15) is 17.4 Å². The predicted molar refractivity (Wildman–Crippen MR) is 47.6 cm³/mol. The summed E-state index contributed by atoms with van der Waals surface area (Å²) < 4.78 is 4.83. The number of hydrogen-bond acceptors (Lipinski definition) is 5. The van der Waals surface area contributed by atoms with E-state index in [0.717, 1.165) is 0 Å². The highest BCUT2D eigenvalue weighted by atomic mass is 16.5. The number of hydrogen-bond donors (Lipinski definition) is 1. The average Bonchev–Trinajstić information content (AvgIpc) is 2.65. The maximum Gasteiger partial charge on any atom is 0.357 e. The topological polar surface area (TPSA) is 80.8 Å². The fourth-order valence-corrected chi connectivity index (χ4v) is 1.13. The van der Waals surface area contributed by atoms with Crippen LogP contribution in [0.15, 0.2) is 12.5 Å². The summed E-state index contributed by atoms with van der Waals surface area (Å²) >= 11 is 0. The molecule has 0 amide bonds. The van der Waals surface area contributed by atoms with Gasteiger partial charge in [-0.05, 0) is 6.92 Å². The summed E-state index contributed by atoms with van der Waals surface area (Å²) in [5, 5.41) is 6.99. The average molecular weight is 192 g/mol. The van der Waals surface area contributed by atoms with Gasteiger partial charge in [-0.3, -0.25) is 5.10 Å². The molecule has 0 atom stereocenters. The van der Waals surface area contributed by atoms with Crippen LogP contribution in [0.25, 0.3) is 11.0 Å². The van der Waals surface area contributed by atoms with Crippen LogP contribution >= 0.6 is 0 Å². The van der Waals surface area contributed by atoms with Gasteiger partial charge in [-0.25, -0.2) is 14.8 Å². The van der Waals surface area contributed by atoms with E-state index in [-0.39, 0.29) is 5.69 Å². The third-order valence-corrected chi connectivity index (χ3v) is 1.72. The Morgan fingerprint density at radius 2 is 2.43 bits per heavy atom. The Hall–Kier alpha value is -1.98. The third kappa shape index (κ3) is 1.30. The number of aromatic amines is 1. The largest absolute Gasteiger partial charge is 0.461 e. The Labute approximate surface area is 79.3 Å². The summed E-state index contributed by atoms with van der Waals surface area (Å²) in [7, 11) is 0. The smallest absolute Gasteiger partial charge is 0.357 e. The highest BCUT2D eigenvalue weighted by Crippen LogP contribution is 2.11.